The Morgan fingerprint density at radius 3 is 2.88 bits per heavy atom. The van der Waals surface area contributed by atoms with Crippen molar-refractivity contribution in [1.29, 1.82) is 0 Å². The lowest BCUT2D eigenvalue weighted by molar-refractivity contribution is -0.122. The summed E-state index contributed by atoms with van der Waals surface area (Å²) in [5.74, 6) is 0.153. The molecule has 0 radical (unpaired) electrons. The monoisotopic (exact) mass is 354 g/mol. The topological polar surface area (TPSA) is 50.2 Å². The summed E-state index contributed by atoms with van der Waals surface area (Å²) in [6, 6.07) is 2.96. The minimum atomic E-state index is 0.153. The summed E-state index contributed by atoms with van der Waals surface area (Å²) in [5, 5.41) is 4.48. The summed E-state index contributed by atoms with van der Waals surface area (Å²) in [6.45, 7) is 6.93. The smallest absolute Gasteiger partial charge is 0.240 e. The molecule has 1 aliphatic heterocycles. The van der Waals surface area contributed by atoms with Crippen LogP contribution in [0.2, 0.25) is 0 Å². The van der Waals surface area contributed by atoms with Crippen molar-refractivity contribution >= 4 is 16.8 Å². The third kappa shape index (κ3) is 3.37. The average Bonchev–Trinajstić information content (AvgIpc) is 2.96. The number of rotatable bonds is 4. The maximum atomic E-state index is 12.7. The van der Waals surface area contributed by atoms with Gasteiger partial charge < -0.3 is 9.88 Å². The predicted molar refractivity (Wildman–Crippen MR) is 104 cm³/mol. The van der Waals surface area contributed by atoms with Crippen LogP contribution in [0.3, 0.4) is 0 Å². The molecule has 2 aliphatic rings. The molecule has 1 saturated carbocycles. The molecule has 5 heteroatoms. The van der Waals surface area contributed by atoms with Gasteiger partial charge in [0.1, 0.15) is 6.54 Å². The molecule has 5 nitrogen and oxygen atoms in total. The maximum absolute atomic E-state index is 12.7. The van der Waals surface area contributed by atoms with Crippen LogP contribution in [0.1, 0.15) is 57.2 Å². The molecular weight excluding hydrogens is 324 g/mol. The molecule has 1 aliphatic carbocycles. The number of pyridine rings is 1. The van der Waals surface area contributed by atoms with E-state index >= 15 is 0 Å². The van der Waals surface area contributed by atoms with Crippen LogP contribution in [0.25, 0.3) is 10.9 Å². The normalized spacial score (nSPS) is 19.0. The summed E-state index contributed by atoms with van der Waals surface area (Å²) in [4.78, 5) is 19.6. The van der Waals surface area contributed by atoms with Gasteiger partial charge in [-0.05, 0) is 38.3 Å². The number of carbonyl (C=O) groups excluding carboxylic acids is 1. The first-order valence-corrected chi connectivity index (χ1v) is 10.1. The van der Waals surface area contributed by atoms with Crippen LogP contribution in [0.15, 0.2) is 18.5 Å². The molecule has 0 bridgehead atoms. The van der Waals surface area contributed by atoms with Gasteiger partial charge in [0, 0.05) is 55.1 Å². The first kappa shape index (κ1) is 17.5. The summed E-state index contributed by atoms with van der Waals surface area (Å²) in [5.41, 5.74) is 3.83. The Bertz CT molecular complexity index is 789. The third-order valence-corrected chi connectivity index (χ3v) is 6.09. The minimum Gasteiger partial charge on any atom is -0.352 e. The summed E-state index contributed by atoms with van der Waals surface area (Å²) in [7, 11) is 0. The van der Waals surface area contributed by atoms with Gasteiger partial charge in [-0.2, -0.15) is 0 Å². The highest BCUT2D eigenvalue weighted by molar-refractivity contribution is 5.87. The third-order valence-electron chi connectivity index (χ3n) is 6.09. The predicted octanol–water partition coefficient (Wildman–Crippen LogP) is 3.25. The molecule has 0 unspecified atom stereocenters. The van der Waals surface area contributed by atoms with Crippen molar-refractivity contribution in [2.75, 3.05) is 6.54 Å². The van der Waals surface area contributed by atoms with Crippen LogP contribution in [0, 0.1) is 0 Å². The quantitative estimate of drug-likeness (QED) is 0.917. The van der Waals surface area contributed by atoms with Crippen molar-refractivity contribution in [1.82, 2.24) is 19.8 Å². The van der Waals surface area contributed by atoms with E-state index in [0.29, 0.717) is 18.6 Å². The lowest BCUT2D eigenvalue weighted by Gasteiger charge is -2.31. The number of amides is 1. The minimum absolute atomic E-state index is 0.153. The Balaban J connectivity index is 1.60. The molecule has 3 heterocycles. The van der Waals surface area contributed by atoms with Crippen LogP contribution in [-0.2, 0) is 24.3 Å². The molecule has 1 amide bonds. The zero-order valence-corrected chi connectivity index (χ0v) is 16.0. The second-order valence-electron chi connectivity index (χ2n) is 8.12. The van der Waals surface area contributed by atoms with Crippen molar-refractivity contribution in [3.63, 3.8) is 0 Å². The van der Waals surface area contributed by atoms with Crippen LogP contribution in [0.5, 0.6) is 0 Å². The molecule has 0 aromatic carbocycles. The second kappa shape index (κ2) is 7.39. The number of nitrogens with one attached hydrogen (secondary N) is 1. The fourth-order valence-electron chi connectivity index (χ4n) is 4.60. The Hall–Kier alpha value is -1.88. The zero-order chi connectivity index (χ0) is 18.1. The van der Waals surface area contributed by atoms with Crippen LogP contribution in [-0.4, -0.2) is 39.0 Å². The van der Waals surface area contributed by atoms with E-state index in [1.165, 1.54) is 35.9 Å². The van der Waals surface area contributed by atoms with E-state index in [1.54, 1.807) is 0 Å². The largest absolute Gasteiger partial charge is 0.352 e. The molecule has 140 valence electrons. The SMILES string of the molecule is CC(C)N1CCc2c(c3cnccc3n2CC(=O)NC2CCCCC2)C1. The second-order valence-corrected chi connectivity index (χ2v) is 8.12. The van der Waals surface area contributed by atoms with E-state index in [2.05, 4.69) is 39.7 Å². The number of hydrogen-bond acceptors (Lipinski definition) is 3. The maximum Gasteiger partial charge on any atom is 0.240 e. The van der Waals surface area contributed by atoms with Crippen molar-refractivity contribution in [2.24, 2.45) is 0 Å². The number of aromatic nitrogens is 2. The van der Waals surface area contributed by atoms with Gasteiger partial charge in [0.25, 0.3) is 0 Å². The van der Waals surface area contributed by atoms with E-state index in [1.807, 2.05) is 12.4 Å². The van der Waals surface area contributed by atoms with Crippen LogP contribution in [0.4, 0.5) is 0 Å². The standard InChI is InChI=1S/C21H30N4O/c1-15(2)24-11-9-20-18(13-24)17-12-22-10-8-19(17)25(20)14-21(26)23-16-6-4-3-5-7-16/h8,10,12,15-16H,3-7,9,11,13-14H2,1-2H3,(H,23,26). The molecule has 0 saturated heterocycles. The number of nitrogens with zero attached hydrogens (tertiary/aromatic N) is 3. The first-order chi connectivity index (χ1) is 12.6. The van der Waals surface area contributed by atoms with Crippen LogP contribution >= 0.6 is 0 Å². The molecule has 0 atom stereocenters. The van der Waals surface area contributed by atoms with Gasteiger partial charge in [-0.3, -0.25) is 14.7 Å². The van der Waals surface area contributed by atoms with Gasteiger partial charge in [0.05, 0.1) is 5.52 Å². The molecule has 1 fully saturated rings. The van der Waals surface area contributed by atoms with Crippen molar-refractivity contribution in [2.45, 2.75) is 77.5 Å². The van der Waals surface area contributed by atoms with Gasteiger partial charge >= 0.3 is 0 Å². The fourth-order valence-corrected chi connectivity index (χ4v) is 4.60. The molecular formula is C21H30N4O. The van der Waals surface area contributed by atoms with Gasteiger partial charge in [-0.25, -0.2) is 0 Å². The van der Waals surface area contributed by atoms with Gasteiger partial charge in [-0.1, -0.05) is 19.3 Å². The Morgan fingerprint density at radius 2 is 2.12 bits per heavy atom. The number of fused-ring (bicyclic) bond motifs is 3. The van der Waals surface area contributed by atoms with Gasteiger partial charge in [0.15, 0.2) is 0 Å². The van der Waals surface area contributed by atoms with E-state index < -0.39 is 0 Å². The van der Waals surface area contributed by atoms with Crippen molar-refractivity contribution in [3.05, 3.63) is 29.7 Å². The lowest BCUT2D eigenvalue weighted by Crippen LogP contribution is -2.39. The van der Waals surface area contributed by atoms with Gasteiger partial charge in [0.2, 0.25) is 5.91 Å². The average molecular weight is 354 g/mol. The molecule has 2 aromatic rings. The Morgan fingerprint density at radius 1 is 1.31 bits per heavy atom. The van der Waals surface area contributed by atoms with E-state index in [9.17, 15) is 4.79 Å². The van der Waals surface area contributed by atoms with E-state index in [0.717, 1.165) is 37.9 Å². The highest BCUT2D eigenvalue weighted by atomic mass is 16.2. The van der Waals surface area contributed by atoms with Gasteiger partial charge in [-0.15, -0.1) is 0 Å². The summed E-state index contributed by atoms with van der Waals surface area (Å²) in [6.07, 6.45) is 10.8. The number of hydrogen-bond donors (Lipinski definition) is 1. The first-order valence-electron chi connectivity index (χ1n) is 10.1. The summed E-state index contributed by atoms with van der Waals surface area (Å²) < 4.78 is 2.24. The highest BCUT2D eigenvalue weighted by Crippen LogP contribution is 2.31. The molecule has 0 spiro atoms. The fraction of sp³-hybridized carbons (Fsp3) is 0.619. The Labute approximate surface area is 155 Å². The molecule has 26 heavy (non-hydrogen) atoms. The molecule has 4 rings (SSSR count). The van der Waals surface area contributed by atoms with E-state index in [4.69, 9.17) is 0 Å². The zero-order valence-electron chi connectivity index (χ0n) is 16.0. The molecule has 2 aromatic heterocycles. The Kier molecular flexibility index (Phi) is 4.98. The number of carbonyl (C=O) groups is 1. The van der Waals surface area contributed by atoms with Crippen molar-refractivity contribution < 1.29 is 4.79 Å². The van der Waals surface area contributed by atoms with E-state index in [-0.39, 0.29) is 5.91 Å². The summed E-state index contributed by atoms with van der Waals surface area (Å²) >= 11 is 0. The molecule has 1 N–H and O–H groups in total. The lowest BCUT2D eigenvalue weighted by atomic mass is 9.95. The highest BCUT2D eigenvalue weighted by Gasteiger charge is 2.26. The van der Waals surface area contributed by atoms with Crippen molar-refractivity contribution in [3.8, 4) is 0 Å². The van der Waals surface area contributed by atoms with Crippen LogP contribution < -0.4 is 5.32 Å².